The van der Waals surface area contributed by atoms with Crippen molar-refractivity contribution in [1.29, 1.82) is 0 Å². The Bertz CT molecular complexity index is 1900. The van der Waals surface area contributed by atoms with Crippen LogP contribution in [0.2, 0.25) is 0 Å². The van der Waals surface area contributed by atoms with Gasteiger partial charge in [-0.2, -0.15) is 0 Å². The summed E-state index contributed by atoms with van der Waals surface area (Å²) < 4.78 is 65.4. The van der Waals surface area contributed by atoms with Crippen LogP contribution in [-0.4, -0.2) is 75.6 Å². The number of hydrogen-bond acceptors (Lipinski definition) is 10. The molecule has 5 aromatic rings. The molecule has 3 fully saturated rings. The van der Waals surface area contributed by atoms with Crippen LogP contribution in [0, 0.1) is 0 Å². The highest BCUT2D eigenvalue weighted by Gasteiger charge is 2.50. The van der Waals surface area contributed by atoms with E-state index < -0.39 is 49.4 Å². The van der Waals surface area contributed by atoms with Crippen molar-refractivity contribution in [3.8, 4) is 0 Å². The van der Waals surface area contributed by atoms with Crippen LogP contribution in [0.25, 0.3) is 0 Å². The molecule has 8 rings (SSSR count). The van der Waals surface area contributed by atoms with Crippen molar-refractivity contribution in [2.75, 3.05) is 20.3 Å². The molecule has 0 aliphatic carbocycles. The Hall–Kier alpha value is -4.30. The lowest BCUT2D eigenvalue weighted by Gasteiger charge is -2.47. The summed E-state index contributed by atoms with van der Waals surface area (Å²) in [6.45, 7) is 1.87. The van der Waals surface area contributed by atoms with E-state index in [0.29, 0.717) is 39.5 Å². The molecular weight excluding hydrogens is 737 g/mol. The van der Waals surface area contributed by atoms with E-state index in [4.69, 9.17) is 47.4 Å². The zero-order valence-corrected chi connectivity index (χ0v) is 32.7. The summed E-state index contributed by atoms with van der Waals surface area (Å²) in [5.74, 6) is 0. The van der Waals surface area contributed by atoms with Gasteiger partial charge in [0, 0.05) is 19.1 Å². The lowest BCUT2D eigenvalue weighted by Crippen LogP contribution is -2.62. The molecule has 3 aliphatic heterocycles. The number of hydrogen-bond donors (Lipinski definition) is 0. The first-order valence-electron chi connectivity index (χ1n) is 20.1. The second kappa shape index (κ2) is 20.6. The maximum Gasteiger partial charge on any atom is 0.186 e. The Morgan fingerprint density at radius 1 is 0.500 bits per heavy atom. The number of ether oxygens (including phenoxy) is 10. The third kappa shape index (κ3) is 10.7. The minimum atomic E-state index is -0.775. The monoisotopic (exact) mass is 788 g/mol. The van der Waals surface area contributed by atoms with Crippen LogP contribution in [0.5, 0.6) is 0 Å². The van der Waals surface area contributed by atoms with E-state index >= 15 is 0 Å². The first-order chi connectivity index (χ1) is 28.7. The van der Waals surface area contributed by atoms with E-state index in [1.165, 1.54) is 0 Å². The van der Waals surface area contributed by atoms with Crippen LogP contribution >= 0.6 is 0 Å². The Balaban J connectivity index is 1.02. The van der Waals surface area contributed by atoms with Gasteiger partial charge in [0.15, 0.2) is 18.9 Å². The van der Waals surface area contributed by atoms with Crippen molar-refractivity contribution >= 4 is 0 Å². The van der Waals surface area contributed by atoms with Gasteiger partial charge in [-0.1, -0.05) is 152 Å². The summed E-state index contributed by atoms with van der Waals surface area (Å²) in [5.41, 5.74) is 5.08. The van der Waals surface area contributed by atoms with Gasteiger partial charge in [0.2, 0.25) is 0 Å². The highest BCUT2D eigenvalue weighted by molar-refractivity contribution is 5.18. The topological polar surface area (TPSA) is 92.3 Å². The zero-order chi connectivity index (χ0) is 39.4. The molecule has 0 N–H and O–H groups in total. The van der Waals surface area contributed by atoms with Crippen molar-refractivity contribution in [2.45, 2.75) is 94.4 Å². The molecule has 0 saturated carbocycles. The quantitative estimate of drug-likeness (QED) is 0.0925. The smallest absolute Gasteiger partial charge is 0.186 e. The van der Waals surface area contributed by atoms with Crippen molar-refractivity contribution in [3.05, 3.63) is 179 Å². The fourth-order valence-electron chi connectivity index (χ4n) is 7.67. The molecule has 10 nitrogen and oxygen atoms in total. The van der Waals surface area contributed by atoms with E-state index in [2.05, 4.69) is 12.1 Å². The molecule has 58 heavy (non-hydrogen) atoms. The van der Waals surface area contributed by atoms with Gasteiger partial charge in [-0.15, -0.1) is 0 Å². The third-order valence-corrected chi connectivity index (χ3v) is 10.7. The van der Waals surface area contributed by atoms with E-state index in [0.717, 1.165) is 27.8 Å². The van der Waals surface area contributed by atoms with Gasteiger partial charge >= 0.3 is 0 Å². The standard InChI is InChI=1S/C48H52O10/c1-49-48-46(54-31-37-23-13-5-14-24-37)45(53-30-36-21-11-4-12-22-36)44(52-29-35-19-9-3-10-20-35)41(57-48)32-51-42-27-39(50-28-34-17-7-2-8-18-34)43-40(56-42)33-55-47(58-43)38-25-15-6-16-26-38/h2-26,39-48H,27-33H2,1H3/t39-,40-,41-,42+,43+,44-,45+,46+,47?,48+/m1/s1. The predicted molar refractivity (Wildman–Crippen MR) is 215 cm³/mol. The Labute approximate surface area is 340 Å². The predicted octanol–water partition coefficient (Wildman–Crippen LogP) is 7.95. The number of rotatable bonds is 17. The number of fused-ring (bicyclic) bond motifs is 1. The first-order valence-corrected chi connectivity index (χ1v) is 20.1. The van der Waals surface area contributed by atoms with Gasteiger partial charge in [0.1, 0.15) is 36.6 Å². The molecule has 0 aromatic heterocycles. The maximum atomic E-state index is 6.78. The van der Waals surface area contributed by atoms with Crippen LogP contribution in [0.3, 0.4) is 0 Å². The lowest BCUT2D eigenvalue weighted by atomic mass is 9.97. The van der Waals surface area contributed by atoms with Crippen LogP contribution < -0.4 is 0 Å². The van der Waals surface area contributed by atoms with Crippen molar-refractivity contribution < 1.29 is 47.4 Å². The summed E-state index contributed by atoms with van der Waals surface area (Å²) >= 11 is 0. The summed E-state index contributed by atoms with van der Waals surface area (Å²) in [6, 6.07) is 50.2. The van der Waals surface area contributed by atoms with E-state index in [1.54, 1.807) is 7.11 Å². The molecule has 3 saturated heterocycles. The molecule has 0 spiro atoms. The average molecular weight is 789 g/mol. The molecule has 3 heterocycles. The first kappa shape index (κ1) is 40.5. The minimum Gasteiger partial charge on any atom is -0.371 e. The molecule has 0 bridgehead atoms. The van der Waals surface area contributed by atoms with Gasteiger partial charge in [-0.05, 0) is 22.3 Å². The van der Waals surface area contributed by atoms with Gasteiger partial charge < -0.3 is 47.4 Å². The Morgan fingerprint density at radius 2 is 0.983 bits per heavy atom. The largest absolute Gasteiger partial charge is 0.371 e. The van der Waals surface area contributed by atoms with Crippen molar-refractivity contribution in [2.24, 2.45) is 0 Å². The molecule has 10 atom stereocenters. The third-order valence-electron chi connectivity index (χ3n) is 10.7. The fourth-order valence-corrected chi connectivity index (χ4v) is 7.67. The highest BCUT2D eigenvalue weighted by Crippen LogP contribution is 2.37. The van der Waals surface area contributed by atoms with E-state index in [1.807, 2.05) is 140 Å². The summed E-state index contributed by atoms with van der Waals surface area (Å²) in [7, 11) is 1.62. The number of benzene rings is 5. The minimum absolute atomic E-state index is 0.123. The molecule has 5 aromatic carbocycles. The highest BCUT2D eigenvalue weighted by atomic mass is 16.8. The maximum absolute atomic E-state index is 6.78. The molecule has 3 aliphatic rings. The summed E-state index contributed by atoms with van der Waals surface area (Å²) in [4.78, 5) is 0. The second-order valence-corrected chi connectivity index (χ2v) is 14.7. The van der Waals surface area contributed by atoms with Crippen LogP contribution in [0.1, 0.15) is 40.5 Å². The summed E-state index contributed by atoms with van der Waals surface area (Å²) in [6.07, 6.45) is -5.06. The molecule has 304 valence electrons. The Morgan fingerprint density at radius 3 is 1.52 bits per heavy atom. The second-order valence-electron chi connectivity index (χ2n) is 14.7. The summed E-state index contributed by atoms with van der Waals surface area (Å²) in [5, 5.41) is 0. The van der Waals surface area contributed by atoms with Crippen molar-refractivity contribution in [3.63, 3.8) is 0 Å². The molecule has 0 amide bonds. The zero-order valence-electron chi connectivity index (χ0n) is 32.7. The molecular formula is C48H52O10. The van der Waals surface area contributed by atoms with Gasteiger partial charge in [-0.25, -0.2) is 0 Å². The molecule has 1 unspecified atom stereocenters. The average Bonchev–Trinajstić information content (AvgIpc) is 3.29. The molecule has 10 heteroatoms. The van der Waals surface area contributed by atoms with Gasteiger partial charge in [0.05, 0.1) is 45.7 Å². The van der Waals surface area contributed by atoms with Crippen molar-refractivity contribution in [1.82, 2.24) is 0 Å². The van der Waals surface area contributed by atoms with Crippen LogP contribution in [0.15, 0.2) is 152 Å². The lowest BCUT2D eigenvalue weighted by molar-refractivity contribution is -0.354. The van der Waals surface area contributed by atoms with E-state index in [-0.39, 0.29) is 18.8 Å². The SMILES string of the molecule is CO[C@H]1O[C@H](CO[C@@H]2C[C@@H](OCc3ccccc3)[C@@H]3OC(c4ccccc4)OC[C@H]3O2)[C@@H](OCc2ccccc2)[C@H](OCc2ccccc2)[C@@H]1OCc1ccccc1. The van der Waals surface area contributed by atoms with Crippen LogP contribution in [0.4, 0.5) is 0 Å². The fraction of sp³-hybridized carbons (Fsp3) is 0.375. The van der Waals surface area contributed by atoms with Crippen LogP contribution in [-0.2, 0) is 73.8 Å². The van der Waals surface area contributed by atoms with Gasteiger partial charge in [-0.3, -0.25) is 0 Å². The van der Waals surface area contributed by atoms with E-state index in [9.17, 15) is 0 Å². The Kier molecular flexibility index (Phi) is 14.4. The molecule has 0 radical (unpaired) electrons. The normalized spacial score (nSPS) is 28.4. The van der Waals surface area contributed by atoms with Gasteiger partial charge in [0.25, 0.3) is 0 Å². The number of methoxy groups -OCH3 is 1.